The summed E-state index contributed by atoms with van der Waals surface area (Å²) in [5.41, 5.74) is 6.10. The lowest BCUT2D eigenvalue weighted by Gasteiger charge is -2.40. The standard InChI is InChI=1S/C21H23N5O3/c1-15-7-9-17(10-8-15)24-11-12-25-19(28)20(29)26(23-21(24)25)14-18(27)22-13-16-5-3-2-4-6-16/h2-10,21,23H,11-14H2,1H3,(H,22,27). The number of fused-ring (bicyclic) bond motifs is 1. The van der Waals surface area contributed by atoms with Crippen molar-refractivity contribution in [3.8, 4) is 0 Å². The molecule has 8 nitrogen and oxygen atoms in total. The van der Waals surface area contributed by atoms with Crippen molar-refractivity contribution < 1.29 is 14.4 Å². The normalized spacial score (nSPS) is 18.8. The van der Waals surface area contributed by atoms with Crippen molar-refractivity contribution in [1.29, 1.82) is 0 Å². The van der Waals surface area contributed by atoms with E-state index in [-0.39, 0.29) is 12.5 Å². The predicted octanol–water partition coefficient (Wildman–Crippen LogP) is 0.590. The third-order valence-electron chi connectivity index (χ3n) is 5.13. The fourth-order valence-electron chi connectivity index (χ4n) is 3.54. The third kappa shape index (κ3) is 3.93. The molecule has 4 rings (SSSR count). The number of hydrazine groups is 1. The van der Waals surface area contributed by atoms with Gasteiger partial charge in [0.05, 0.1) is 0 Å². The van der Waals surface area contributed by atoms with Crippen LogP contribution in [0.15, 0.2) is 54.6 Å². The summed E-state index contributed by atoms with van der Waals surface area (Å²) in [5.74, 6) is -1.66. The Labute approximate surface area is 169 Å². The van der Waals surface area contributed by atoms with Gasteiger partial charge in [0.15, 0.2) is 6.29 Å². The lowest BCUT2D eigenvalue weighted by Crippen LogP contribution is -2.68. The zero-order chi connectivity index (χ0) is 20.4. The smallest absolute Gasteiger partial charge is 0.326 e. The largest absolute Gasteiger partial charge is 0.350 e. The number of carbonyl (C=O) groups excluding carboxylic acids is 3. The molecular weight excluding hydrogens is 370 g/mol. The molecule has 150 valence electrons. The van der Waals surface area contributed by atoms with Gasteiger partial charge in [-0.25, -0.2) is 0 Å². The topological polar surface area (TPSA) is 85.0 Å². The number of carbonyl (C=O) groups is 3. The monoisotopic (exact) mass is 393 g/mol. The zero-order valence-corrected chi connectivity index (χ0v) is 16.2. The fourth-order valence-corrected chi connectivity index (χ4v) is 3.54. The van der Waals surface area contributed by atoms with E-state index in [1.165, 1.54) is 4.90 Å². The van der Waals surface area contributed by atoms with Crippen molar-refractivity contribution in [2.24, 2.45) is 0 Å². The van der Waals surface area contributed by atoms with Crippen LogP contribution in [-0.2, 0) is 20.9 Å². The maximum atomic E-state index is 12.5. The van der Waals surface area contributed by atoms with Crippen LogP contribution in [0, 0.1) is 6.92 Å². The van der Waals surface area contributed by atoms with E-state index in [0.717, 1.165) is 21.8 Å². The molecule has 0 radical (unpaired) electrons. The van der Waals surface area contributed by atoms with E-state index in [1.54, 1.807) is 0 Å². The first-order valence-electron chi connectivity index (χ1n) is 9.55. The Hall–Kier alpha value is -3.39. The average Bonchev–Trinajstić information content (AvgIpc) is 3.15. The van der Waals surface area contributed by atoms with Crippen molar-refractivity contribution in [1.82, 2.24) is 20.7 Å². The maximum absolute atomic E-state index is 12.5. The summed E-state index contributed by atoms with van der Waals surface area (Å²) in [6.07, 6.45) is -0.496. The van der Waals surface area contributed by atoms with E-state index < -0.39 is 18.1 Å². The lowest BCUT2D eigenvalue weighted by atomic mass is 10.2. The number of hydrogen-bond donors (Lipinski definition) is 2. The van der Waals surface area contributed by atoms with Gasteiger partial charge < -0.3 is 10.2 Å². The van der Waals surface area contributed by atoms with Gasteiger partial charge in [-0.3, -0.25) is 24.3 Å². The van der Waals surface area contributed by atoms with Gasteiger partial charge in [0.25, 0.3) is 0 Å². The van der Waals surface area contributed by atoms with Crippen molar-refractivity contribution in [3.05, 3.63) is 65.7 Å². The van der Waals surface area contributed by atoms with Gasteiger partial charge in [0, 0.05) is 25.3 Å². The molecule has 2 N–H and O–H groups in total. The predicted molar refractivity (Wildman–Crippen MR) is 107 cm³/mol. The van der Waals surface area contributed by atoms with Crippen LogP contribution in [0.5, 0.6) is 0 Å². The number of nitrogens with one attached hydrogen (secondary N) is 2. The van der Waals surface area contributed by atoms with Crippen LogP contribution in [0.1, 0.15) is 11.1 Å². The zero-order valence-electron chi connectivity index (χ0n) is 16.2. The molecule has 2 saturated heterocycles. The molecule has 2 aliphatic rings. The summed E-state index contributed by atoms with van der Waals surface area (Å²) in [6, 6.07) is 17.5. The number of rotatable bonds is 5. The molecule has 2 heterocycles. The number of benzene rings is 2. The van der Waals surface area contributed by atoms with Crippen LogP contribution in [0.2, 0.25) is 0 Å². The number of anilines is 1. The molecule has 2 aromatic carbocycles. The van der Waals surface area contributed by atoms with Crippen LogP contribution in [-0.4, -0.2) is 53.6 Å². The first-order valence-corrected chi connectivity index (χ1v) is 9.55. The molecule has 2 fully saturated rings. The highest BCUT2D eigenvalue weighted by atomic mass is 16.2. The molecule has 2 aromatic rings. The van der Waals surface area contributed by atoms with E-state index in [1.807, 2.05) is 66.4 Å². The Kier molecular flexibility index (Phi) is 5.18. The van der Waals surface area contributed by atoms with Gasteiger partial charge in [-0.2, -0.15) is 5.43 Å². The highest BCUT2D eigenvalue weighted by Crippen LogP contribution is 2.25. The number of nitrogens with zero attached hydrogens (tertiary/aromatic N) is 3. The number of amides is 3. The molecule has 29 heavy (non-hydrogen) atoms. The van der Waals surface area contributed by atoms with Crippen LogP contribution in [0.3, 0.4) is 0 Å². The minimum absolute atomic E-state index is 0.233. The second-order valence-electron chi connectivity index (χ2n) is 7.18. The first-order chi connectivity index (χ1) is 14.0. The van der Waals surface area contributed by atoms with Crippen LogP contribution >= 0.6 is 0 Å². The Balaban J connectivity index is 1.43. The number of aryl methyl sites for hydroxylation is 1. The first kappa shape index (κ1) is 18.9. The minimum Gasteiger partial charge on any atom is -0.350 e. The summed E-state index contributed by atoms with van der Waals surface area (Å²) in [7, 11) is 0. The molecular formula is C21H23N5O3. The summed E-state index contributed by atoms with van der Waals surface area (Å²) in [4.78, 5) is 40.8. The second-order valence-corrected chi connectivity index (χ2v) is 7.18. The average molecular weight is 393 g/mol. The summed E-state index contributed by atoms with van der Waals surface area (Å²) in [5, 5.41) is 3.89. The lowest BCUT2D eigenvalue weighted by molar-refractivity contribution is -0.163. The maximum Gasteiger partial charge on any atom is 0.326 e. The molecule has 1 atom stereocenters. The molecule has 8 heteroatoms. The molecule has 0 aliphatic carbocycles. The van der Waals surface area contributed by atoms with Gasteiger partial charge in [0.2, 0.25) is 5.91 Å². The van der Waals surface area contributed by atoms with E-state index in [2.05, 4.69) is 10.7 Å². The third-order valence-corrected chi connectivity index (χ3v) is 5.13. The van der Waals surface area contributed by atoms with Gasteiger partial charge in [-0.1, -0.05) is 48.0 Å². The Morgan fingerprint density at radius 3 is 2.41 bits per heavy atom. The molecule has 2 aliphatic heterocycles. The SMILES string of the molecule is Cc1ccc(N2CCN3C(=O)C(=O)N(CC(=O)NCc4ccccc4)NC32)cc1. The van der Waals surface area contributed by atoms with Crippen molar-refractivity contribution in [2.45, 2.75) is 19.8 Å². The van der Waals surface area contributed by atoms with Crippen LogP contribution < -0.4 is 15.6 Å². The Morgan fingerprint density at radius 2 is 1.69 bits per heavy atom. The van der Waals surface area contributed by atoms with Crippen molar-refractivity contribution in [3.63, 3.8) is 0 Å². The molecule has 3 amide bonds. The Morgan fingerprint density at radius 1 is 1.00 bits per heavy atom. The highest BCUT2D eigenvalue weighted by Gasteiger charge is 2.45. The summed E-state index contributed by atoms with van der Waals surface area (Å²) in [6.45, 7) is 3.19. The van der Waals surface area contributed by atoms with Crippen LogP contribution in [0.4, 0.5) is 5.69 Å². The fraction of sp³-hybridized carbons (Fsp3) is 0.286. The number of hydrogen-bond acceptors (Lipinski definition) is 5. The minimum atomic E-state index is -0.720. The van der Waals surface area contributed by atoms with Gasteiger partial charge in [0.1, 0.15) is 6.54 Å². The molecule has 0 bridgehead atoms. The molecule has 0 saturated carbocycles. The van der Waals surface area contributed by atoms with Crippen LogP contribution in [0.25, 0.3) is 0 Å². The summed E-state index contributed by atoms with van der Waals surface area (Å²) < 4.78 is 0. The molecule has 0 spiro atoms. The summed E-state index contributed by atoms with van der Waals surface area (Å²) >= 11 is 0. The van der Waals surface area contributed by atoms with Crippen molar-refractivity contribution in [2.75, 3.05) is 24.5 Å². The Bertz CT molecular complexity index is 916. The van der Waals surface area contributed by atoms with Gasteiger partial charge in [-0.15, -0.1) is 0 Å². The van der Waals surface area contributed by atoms with E-state index in [0.29, 0.717) is 19.6 Å². The molecule has 1 unspecified atom stereocenters. The van der Waals surface area contributed by atoms with Gasteiger partial charge in [-0.05, 0) is 24.6 Å². The van der Waals surface area contributed by atoms with E-state index >= 15 is 0 Å². The highest BCUT2D eigenvalue weighted by molar-refractivity contribution is 6.35. The van der Waals surface area contributed by atoms with E-state index in [4.69, 9.17) is 0 Å². The van der Waals surface area contributed by atoms with Crippen molar-refractivity contribution >= 4 is 23.4 Å². The van der Waals surface area contributed by atoms with E-state index in [9.17, 15) is 14.4 Å². The van der Waals surface area contributed by atoms with Gasteiger partial charge >= 0.3 is 11.8 Å². The second kappa shape index (κ2) is 7.92. The quantitative estimate of drug-likeness (QED) is 0.727. The molecule has 0 aromatic heterocycles.